The molecule has 0 aliphatic rings. The Morgan fingerprint density at radius 1 is 1.50 bits per heavy atom. The number of esters is 1. The summed E-state index contributed by atoms with van der Waals surface area (Å²) in [6.45, 7) is 2.14. The number of hydrogen-bond donors (Lipinski definition) is 0. The molecule has 4 nitrogen and oxygen atoms in total. The molecule has 102 valence electrons. The molecule has 0 spiro atoms. The van der Waals surface area contributed by atoms with E-state index >= 15 is 0 Å². The molecule has 6 heteroatoms. The molecule has 0 saturated heterocycles. The number of imidazole rings is 1. The summed E-state index contributed by atoms with van der Waals surface area (Å²) in [5.74, 6) is -0.339. The van der Waals surface area contributed by atoms with Crippen molar-refractivity contribution in [3.63, 3.8) is 0 Å². The smallest absolute Gasteiger partial charge is 0.356 e. The van der Waals surface area contributed by atoms with Crippen LogP contribution in [0.5, 0.6) is 0 Å². The van der Waals surface area contributed by atoms with Crippen LogP contribution < -0.4 is 0 Å². The summed E-state index contributed by atoms with van der Waals surface area (Å²) < 4.78 is 6.78. The van der Waals surface area contributed by atoms with Crippen molar-refractivity contribution < 1.29 is 9.53 Å². The molecule has 0 radical (unpaired) electrons. The summed E-state index contributed by atoms with van der Waals surface area (Å²) in [4.78, 5) is 17.1. The third-order valence-corrected chi connectivity index (χ3v) is 3.89. The number of rotatable bonds is 3. The van der Waals surface area contributed by atoms with E-state index in [0.29, 0.717) is 17.3 Å². The Morgan fingerprint density at radius 2 is 2.35 bits per heavy atom. The van der Waals surface area contributed by atoms with Crippen LogP contribution >= 0.6 is 22.9 Å². The van der Waals surface area contributed by atoms with Gasteiger partial charge in [0, 0.05) is 22.2 Å². The number of benzene rings is 1. The normalized spacial score (nSPS) is 10.9. The number of halogens is 1. The average Bonchev–Trinajstić information content (AvgIpc) is 2.98. The maximum Gasteiger partial charge on any atom is 0.356 e. The Balaban J connectivity index is 2.05. The average molecular weight is 307 g/mol. The van der Waals surface area contributed by atoms with Gasteiger partial charge in [-0.3, -0.25) is 4.40 Å². The van der Waals surface area contributed by atoms with Crippen LogP contribution in [0.1, 0.15) is 17.4 Å². The third-order valence-electron chi connectivity index (χ3n) is 2.81. The number of ether oxygens (including phenoxy) is 1. The van der Waals surface area contributed by atoms with Crippen LogP contribution in [0, 0.1) is 0 Å². The molecule has 0 unspecified atom stereocenters. The lowest BCUT2D eigenvalue weighted by molar-refractivity contribution is 0.0518. The standard InChI is InChI=1S/C14H11ClN2O2S/c1-2-19-13(18)12-8-20-14-16-11(7-17(12)14)9-4-3-5-10(15)6-9/h3-8H,2H2,1H3. The zero-order valence-electron chi connectivity index (χ0n) is 10.7. The fraction of sp³-hybridized carbons (Fsp3) is 0.143. The second-order valence-corrected chi connectivity index (χ2v) is 5.40. The summed E-state index contributed by atoms with van der Waals surface area (Å²) in [6, 6.07) is 7.46. The molecule has 0 fully saturated rings. The first kappa shape index (κ1) is 13.1. The number of aromatic nitrogens is 2. The van der Waals surface area contributed by atoms with Gasteiger partial charge < -0.3 is 4.74 Å². The molecule has 2 aromatic heterocycles. The lowest BCUT2D eigenvalue weighted by atomic mass is 10.2. The second kappa shape index (κ2) is 5.26. The van der Waals surface area contributed by atoms with Gasteiger partial charge in [-0.05, 0) is 19.1 Å². The number of carbonyl (C=O) groups excluding carboxylic acids is 1. The topological polar surface area (TPSA) is 43.6 Å². The van der Waals surface area contributed by atoms with Crippen LogP contribution in [0.15, 0.2) is 35.8 Å². The molecule has 0 saturated carbocycles. The molecule has 0 N–H and O–H groups in total. The first-order valence-corrected chi connectivity index (χ1v) is 7.34. The van der Waals surface area contributed by atoms with Gasteiger partial charge in [-0.15, -0.1) is 11.3 Å². The fourth-order valence-corrected chi connectivity index (χ4v) is 2.96. The predicted molar refractivity (Wildman–Crippen MR) is 79.5 cm³/mol. The van der Waals surface area contributed by atoms with Crippen molar-refractivity contribution in [2.24, 2.45) is 0 Å². The summed E-state index contributed by atoms with van der Waals surface area (Å²) >= 11 is 7.39. The highest BCUT2D eigenvalue weighted by Gasteiger charge is 2.15. The maximum atomic E-state index is 11.8. The van der Waals surface area contributed by atoms with Crippen molar-refractivity contribution >= 4 is 33.9 Å². The molecule has 0 aliphatic carbocycles. The lowest BCUT2D eigenvalue weighted by Gasteiger charge is -1.99. The van der Waals surface area contributed by atoms with E-state index in [1.165, 1.54) is 11.3 Å². The predicted octanol–water partition coefficient (Wildman–Crippen LogP) is 3.89. The second-order valence-electron chi connectivity index (χ2n) is 4.13. The molecular formula is C14H11ClN2O2S. The number of hydrogen-bond acceptors (Lipinski definition) is 4. The van der Waals surface area contributed by atoms with Gasteiger partial charge in [-0.1, -0.05) is 23.7 Å². The molecule has 2 heterocycles. The van der Waals surface area contributed by atoms with E-state index in [9.17, 15) is 4.79 Å². The molecule has 0 atom stereocenters. The van der Waals surface area contributed by atoms with Gasteiger partial charge in [0.1, 0.15) is 5.69 Å². The summed E-state index contributed by atoms with van der Waals surface area (Å²) in [5.41, 5.74) is 2.20. The van der Waals surface area contributed by atoms with Crippen LogP contribution in [0.2, 0.25) is 5.02 Å². The van der Waals surface area contributed by atoms with Crippen molar-refractivity contribution in [1.29, 1.82) is 0 Å². The maximum absolute atomic E-state index is 11.8. The van der Waals surface area contributed by atoms with Crippen LogP contribution in [-0.2, 0) is 4.74 Å². The quantitative estimate of drug-likeness (QED) is 0.689. The largest absolute Gasteiger partial charge is 0.461 e. The third kappa shape index (κ3) is 2.30. The van der Waals surface area contributed by atoms with E-state index in [1.807, 2.05) is 30.5 Å². The molecular weight excluding hydrogens is 296 g/mol. The minimum atomic E-state index is -0.339. The number of thiazole rings is 1. The van der Waals surface area contributed by atoms with E-state index in [0.717, 1.165) is 16.2 Å². The monoisotopic (exact) mass is 306 g/mol. The van der Waals surface area contributed by atoms with E-state index in [2.05, 4.69) is 4.98 Å². The highest BCUT2D eigenvalue weighted by Crippen LogP contribution is 2.25. The number of fused-ring (bicyclic) bond motifs is 1. The first-order chi connectivity index (χ1) is 9.69. The van der Waals surface area contributed by atoms with Crippen molar-refractivity contribution in [3.8, 4) is 11.3 Å². The SMILES string of the molecule is CCOC(=O)c1csc2nc(-c3cccc(Cl)c3)cn12. The zero-order valence-corrected chi connectivity index (χ0v) is 12.2. The van der Waals surface area contributed by atoms with E-state index < -0.39 is 0 Å². The number of nitrogens with zero attached hydrogens (tertiary/aromatic N) is 2. The van der Waals surface area contributed by atoms with Gasteiger partial charge in [-0.25, -0.2) is 9.78 Å². The minimum absolute atomic E-state index is 0.339. The zero-order chi connectivity index (χ0) is 14.1. The van der Waals surface area contributed by atoms with Crippen molar-refractivity contribution in [1.82, 2.24) is 9.38 Å². The molecule has 3 rings (SSSR count). The van der Waals surface area contributed by atoms with Gasteiger partial charge in [0.05, 0.1) is 12.3 Å². The Bertz CT molecular complexity index is 778. The van der Waals surface area contributed by atoms with Crippen LogP contribution in [0.4, 0.5) is 0 Å². The Kier molecular flexibility index (Phi) is 3.46. The Morgan fingerprint density at radius 3 is 3.10 bits per heavy atom. The highest BCUT2D eigenvalue weighted by molar-refractivity contribution is 7.15. The molecule has 0 bridgehead atoms. The van der Waals surface area contributed by atoms with E-state index in [1.54, 1.807) is 16.7 Å². The van der Waals surface area contributed by atoms with E-state index in [-0.39, 0.29) is 5.97 Å². The van der Waals surface area contributed by atoms with Gasteiger partial charge in [0.15, 0.2) is 4.96 Å². The fourth-order valence-electron chi connectivity index (χ4n) is 1.92. The summed E-state index contributed by atoms with van der Waals surface area (Å²) in [6.07, 6.45) is 1.82. The summed E-state index contributed by atoms with van der Waals surface area (Å²) in [5, 5.41) is 2.41. The molecule has 1 aromatic carbocycles. The van der Waals surface area contributed by atoms with Crippen molar-refractivity contribution in [3.05, 3.63) is 46.6 Å². The van der Waals surface area contributed by atoms with Gasteiger partial charge >= 0.3 is 5.97 Å². The minimum Gasteiger partial charge on any atom is -0.461 e. The molecule has 0 aliphatic heterocycles. The molecule has 0 amide bonds. The van der Waals surface area contributed by atoms with Crippen LogP contribution in [0.25, 0.3) is 16.2 Å². The molecule has 20 heavy (non-hydrogen) atoms. The lowest BCUT2D eigenvalue weighted by Crippen LogP contribution is -2.06. The molecule has 3 aromatic rings. The van der Waals surface area contributed by atoms with Crippen molar-refractivity contribution in [2.45, 2.75) is 6.92 Å². The van der Waals surface area contributed by atoms with Crippen LogP contribution in [0.3, 0.4) is 0 Å². The Labute approximate surface area is 124 Å². The number of carbonyl (C=O) groups is 1. The highest BCUT2D eigenvalue weighted by atomic mass is 35.5. The van der Waals surface area contributed by atoms with Crippen LogP contribution in [-0.4, -0.2) is 22.0 Å². The van der Waals surface area contributed by atoms with Gasteiger partial charge in [0.2, 0.25) is 0 Å². The summed E-state index contributed by atoms with van der Waals surface area (Å²) in [7, 11) is 0. The van der Waals surface area contributed by atoms with Crippen molar-refractivity contribution in [2.75, 3.05) is 6.61 Å². The van der Waals surface area contributed by atoms with Gasteiger partial charge in [-0.2, -0.15) is 0 Å². The first-order valence-electron chi connectivity index (χ1n) is 6.08. The van der Waals surface area contributed by atoms with Gasteiger partial charge in [0.25, 0.3) is 0 Å². The van der Waals surface area contributed by atoms with E-state index in [4.69, 9.17) is 16.3 Å². The Hall–Kier alpha value is -1.85.